The summed E-state index contributed by atoms with van der Waals surface area (Å²) < 4.78 is 1.88. The molecule has 0 radical (unpaired) electrons. The van der Waals surface area contributed by atoms with Gasteiger partial charge in [-0.05, 0) is 38.5 Å². The number of unbranched alkanes of at least 4 members (excludes halogenated alkanes) is 25. The summed E-state index contributed by atoms with van der Waals surface area (Å²) in [5.41, 5.74) is 0.825. The molecule has 0 aliphatic rings. The number of hydrogen-bond acceptors (Lipinski definition) is 3. The van der Waals surface area contributed by atoms with Gasteiger partial charge in [0.15, 0.2) is 0 Å². The van der Waals surface area contributed by atoms with Crippen LogP contribution in [-0.2, 0) is 23.1 Å². The maximum Gasteiger partial charge on any atom is 0.242 e. The van der Waals surface area contributed by atoms with Crippen molar-refractivity contribution >= 4 is 11.8 Å². The highest BCUT2D eigenvalue weighted by atomic mass is 16.2. The fraction of sp³-hybridized carbons (Fsp3) is 0.833. The molecule has 0 saturated heterocycles. The van der Waals surface area contributed by atoms with E-state index < -0.39 is 6.04 Å². The van der Waals surface area contributed by atoms with Crippen molar-refractivity contribution in [2.24, 2.45) is 7.05 Å². The van der Waals surface area contributed by atoms with Crippen LogP contribution >= 0.6 is 0 Å². The molecule has 6 nitrogen and oxygen atoms in total. The van der Waals surface area contributed by atoms with Crippen LogP contribution in [0.5, 0.6) is 0 Å². The molecule has 0 spiro atoms. The Morgan fingerprint density at radius 2 is 1.08 bits per heavy atom. The minimum absolute atomic E-state index is 0.0318. The SMILES string of the molecule is CCCCCCCCC=CCCCCCCCC(=O)NC(Cc1cn(C)cn1)C(=O)NCCCCCCCCCCCCCCCCC. The number of nitrogens with zero attached hydrogens (tertiary/aromatic N) is 2. The van der Waals surface area contributed by atoms with Crippen LogP contribution < -0.4 is 10.6 Å². The third kappa shape index (κ3) is 27.8. The summed E-state index contributed by atoms with van der Waals surface area (Å²) in [7, 11) is 1.92. The third-order valence-corrected chi connectivity index (χ3v) is 9.57. The fourth-order valence-corrected chi connectivity index (χ4v) is 6.44. The monoisotopic (exact) mass is 671 g/mol. The van der Waals surface area contributed by atoms with Gasteiger partial charge in [0, 0.05) is 32.6 Å². The van der Waals surface area contributed by atoms with Crippen molar-refractivity contribution < 1.29 is 9.59 Å². The topological polar surface area (TPSA) is 76.0 Å². The van der Waals surface area contributed by atoms with E-state index in [1.54, 1.807) is 6.33 Å². The van der Waals surface area contributed by atoms with Crippen molar-refractivity contribution in [2.75, 3.05) is 6.54 Å². The maximum atomic E-state index is 13.1. The summed E-state index contributed by atoms with van der Waals surface area (Å²) in [4.78, 5) is 30.3. The molecule has 6 heteroatoms. The summed E-state index contributed by atoms with van der Waals surface area (Å²) >= 11 is 0. The summed E-state index contributed by atoms with van der Waals surface area (Å²) in [6.07, 6.45) is 45.3. The Kier molecular flexibility index (Phi) is 30.5. The Bertz CT molecular complexity index is 896. The van der Waals surface area contributed by atoms with Crippen LogP contribution in [0.25, 0.3) is 0 Å². The highest BCUT2D eigenvalue weighted by Gasteiger charge is 2.22. The van der Waals surface area contributed by atoms with E-state index in [4.69, 9.17) is 0 Å². The Morgan fingerprint density at radius 1 is 0.646 bits per heavy atom. The van der Waals surface area contributed by atoms with Gasteiger partial charge in [0.1, 0.15) is 6.04 Å². The molecule has 1 atom stereocenters. The number of nitrogens with one attached hydrogen (secondary N) is 2. The average Bonchev–Trinajstić information content (AvgIpc) is 3.50. The molecule has 1 rings (SSSR count). The van der Waals surface area contributed by atoms with Gasteiger partial charge in [-0.1, -0.05) is 167 Å². The first-order valence-corrected chi connectivity index (χ1v) is 20.8. The minimum Gasteiger partial charge on any atom is -0.354 e. The number of hydrogen-bond donors (Lipinski definition) is 2. The Hall–Kier alpha value is -2.11. The van der Waals surface area contributed by atoms with E-state index in [0.717, 1.165) is 37.8 Å². The van der Waals surface area contributed by atoms with Crippen molar-refractivity contribution in [3.05, 3.63) is 30.4 Å². The van der Waals surface area contributed by atoms with Crippen LogP contribution in [0.2, 0.25) is 0 Å². The van der Waals surface area contributed by atoms with Crippen LogP contribution in [0, 0.1) is 0 Å². The lowest BCUT2D eigenvalue weighted by molar-refractivity contribution is -0.129. The van der Waals surface area contributed by atoms with Gasteiger partial charge in [-0.15, -0.1) is 0 Å². The van der Waals surface area contributed by atoms with E-state index in [1.807, 2.05) is 17.8 Å². The summed E-state index contributed by atoms with van der Waals surface area (Å²) in [5, 5.41) is 6.11. The number of aromatic nitrogens is 2. The normalized spacial score (nSPS) is 12.1. The lowest BCUT2D eigenvalue weighted by Crippen LogP contribution is -2.48. The van der Waals surface area contributed by atoms with E-state index in [-0.39, 0.29) is 11.8 Å². The van der Waals surface area contributed by atoms with Gasteiger partial charge >= 0.3 is 0 Å². The van der Waals surface area contributed by atoms with Gasteiger partial charge in [0.2, 0.25) is 11.8 Å². The van der Waals surface area contributed by atoms with Crippen molar-refractivity contribution in [2.45, 2.75) is 213 Å². The second kappa shape index (κ2) is 33.4. The number of carbonyl (C=O) groups excluding carboxylic acids is 2. The van der Waals surface area contributed by atoms with E-state index in [2.05, 4.69) is 41.6 Å². The number of allylic oxidation sites excluding steroid dienone is 2. The molecule has 1 aromatic heterocycles. The minimum atomic E-state index is -0.577. The molecule has 0 bridgehead atoms. The predicted octanol–water partition coefficient (Wildman–Crippen LogP) is 11.5. The van der Waals surface area contributed by atoms with Crippen LogP contribution in [0.3, 0.4) is 0 Å². The van der Waals surface area contributed by atoms with Crippen LogP contribution in [0.15, 0.2) is 24.7 Å². The van der Waals surface area contributed by atoms with Crippen molar-refractivity contribution in [3.8, 4) is 0 Å². The Labute approximate surface area is 297 Å². The highest BCUT2D eigenvalue weighted by Crippen LogP contribution is 2.14. The summed E-state index contributed by atoms with van der Waals surface area (Å²) in [6, 6.07) is -0.577. The van der Waals surface area contributed by atoms with Gasteiger partial charge in [0.25, 0.3) is 0 Å². The van der Waals surface area contributed by atoms with Crippen molar-refractivity contribution in [1.29, 1.82) is 0 Å². The van der Waals surface area contributed by atoms with Gasteiger partial charge in [-0.25, -0.2) is 4.98 Å². The van der Waals surface area contributed by atoms with Gasteiger partial charge < -0.3 is 15.2 Å². The molecule has 0 saturated carbocycles. The average molecular weight is 671 g/mol. The first kappa shape index (κ1) is 43.9. The van der Waals surface area contributed by atoms with Gasteiger partial charge in [-0.3, -0.25) is 9.59 Å². The number of carbonyl (C=O) groups is 2. The Balaban J connectivity index is 2.13. The van der Waals surface area contributed by atoms with E-state index in [1.165, 1.54) is 148 Å². The van der Waals surface area contributed by atoms with E-state index >= 15 is 0 Å². The van der Waals surface area contributed by atoms with Crippen LogP contribution in [-0.4, -0.2) is 34.0 Å². The molecule has 0 aliphatic heterocycles. The van der Waals surface area contributed by atoms with Gasteiger partial charge in [-0.2, -0.15) is 0 Å². The number of amides is 2. The summed E-state index contributed by atoms with van der Waals surface area (Å²) in [6.45, 7) is 5.22. The Morgan fingerprint density at radius 3 is 1.54 bits per heavy atom. The molecule has 1 unspecified atom stereocenters. The van der Waals surface area contributed by atoms with Crippen LogP contribution in [0.1, 0.15) is 206 Å². The fourth-order valence-electron chi connectivity index (χ4n) is 6.44. The molecule has 0 aliphatic carbocycles. The second-order valence-electron chi connectivity index (χ2n) is 14.4. The lowest BCUT2D eigenvalue weighted by Gasteiger charge is -2.18. The zero-order chi connectivity index (χ0) is 34.8. The molecule has 0 fully saturated rings. The molecule has 1 heterocycles. The van der Waals surface area contributed by atoms with Crippen LogP contribution in [0.4, 0.5) is 0 Å². The molecular weight excluding hydrogens is 592 g/mol. The van der Waals surface area contributed by atoms with Crippen molar-refractivity contribution in [1.82, 2.24) is 20.2 Å². The van der Waals surface area contributed by atoms with E-state index in [0.29, 0.717) is 19.4 Å². The van der Waals surface area contributed by atoms with Crippen molar-refractivity contribution in [3.63, 3.8) is 0 Å². The maximum absolute atomic E-state index is 13.1. The molecule has 48 heavy (non-hydrogen) atoms. The molecule has 1 aromatic rings. The predicted molar refractivity (Wildman–Crippen MR) is 206 cm³/mol. The zero-order valence-electron chi connectivity index (χ0n) is 32.0. The number of aryl methyl sites for hydroxylation is 1. The van der Waals surface area contributed by atoms with E-state index in [9.17, 15) is 9.59 Å². The quantitative estimate of drug-likeness (QED) is 0.0557. The smallest absolute Gasteiger partial charge is 0.242 e. The molecular formula is C42H78N4O2. The largest absolute Gasteiger partial charge is 0.354 e. The second-order valence-corrected chi connectivity index (χ2v) is 14.4. The molecule has 2 N–H and O–H groups in total. The first-order chi connectivity index (χ1) is 23.6. The highest BCUT2D eigenvalue weighted by molar-refractivity contribution is 5.87. The summed E-state index contributed by atoms with van der Waals surface area (Å²) in [5.74, 6) is -0.125. The number of rotatable bonds is 35. The van der Waals surface area contributed by atoms with Gasteiger partial charge in [0.05, 0.1) is 12.0 Å². The standard InChI is InChI=1S/C42H78N4O2/c1-4-6-8-10-12-14-16-18-20-22-24-26-28-30-32-34-41(47)45-40(36-39-37-46(3)38-44-39)42(48)43-35-33-31-29-27-25-23-21-19-17-15-13-11-9-7-5-2/h18,20,37-38,40H,4-17,19,21-36H2,1-3H3,(H,43,48)(H,45,47). The molecule has 278 valence electrons. The first-order valence-electron chi connectivity index (χ1n) is 20.8. The molecule has 2 amide bonds. The number of imidazole rings is 1. The molecule has 0 aromatic carbocycles. The lowest BCUT2D eigenvalue weighted by atomic mass is 10.0. The zero-order valence-corrected chi connectivity index (χ0v) is 32.0. The third-order valence-electron chi connectivity index (χ3n) is 9.57.